The fourth-order valence-corrected chi connectivity index (χ4v) is 5.62. The fourth-order valence-electron chi connectivity index (χ4n) is 5.62. The molecule has 2 amide bonds. The van der Waals surface area contributed by atoms with Gasteiger partial charge in [0, 0.05) is 38.9 Å². The smallest absolute Gasteiger partial charge is 0.337 e. The number of likely N-dealkylation sites (tertiary alicyclic amines) is 1. The highest BCUT2D eigenvalue weighted by Gasteiger charge is 2.64. The van der Waals surface area contributed by atoms with Crippen molar-refractivity contribution < 1.29 is 29.0 Å². The number of β-amino-alcohol motifs (C(OH)–C–C–N with tert-alkyl or cyclic N) is 1. The van der Waals surface area contributed by atoms with Crippen LogP contribution in [0.1, 0.15) is 35.2 Å². The Kier molecular flexibility index (Phi) is 5.53. The van der Waals surface area contributed by atoms with E-state index in [1.165, 1.54) is 12.0 Å². The number of hydrogen-bond acceptors (Lipinski definition) is 8. The minimum atomic E-state index is -0.764. The lowest BCUT2D eigenvalue weighted by atomic mass is 9.80. The summed E-state index contributed by atoms with van der Waals surface area (Å²) >= 11 is 0. The summed E-state index contributed by atoms with van der Waals surface area (Å²) < 4.78 is 10.2. The molecule has 2 atom stereocenters. The van der Waals surface area contributed by atoms with E-state index in [0.717, 1.165) is 31.6 Å². The van der Waals surface area contributed by atoms with Crippen LogP contribution in [0.2, 0.25) is 0 Å². The van der Waals surface area contributed by atoms with Gasteiger partial charge >= 0.3 is 5.97 Å². The second kappa shape index (κ2) is 8.22. The van der Waals surface area contributed by atoms with Gasteiger partial charge < -0.3 is 14.6 Å². The van der Waals surface area contributed by atoms with Gasteiger partial charge in [0.25, 0.3) is 5.91 Å². The first kappa shape index (κ1) is 21.5. The molecule has 1 spiro atoms. The third kappa shape index (κ3) is 3.44. The SMILES string of the molecule is COC(=O)c1ccc(CN2C(=O)[C@@H]3C[C@@H](O)CN3C3(CN(C4CCOCC4)C3)C2=O)cc1. The topological polar surface area (TPSA) is 99.6 Å². The molecular weight excluding hydrogens is 414 g/mol. The zero-order valence-corrected chi connectivity index (χ0v) is 18.2. The summed E-state index contributed by atoms with van der Waals surface area (Å²) in [5.41, 5.74) is 0.419. The lowest BCUT2D eigenvalue weighted by Gasteiger charge is -2.60. The normalized spacial score (nSPS) is 28.6. The molecule has 1 aromatic carbocycles. The number of nitrogens with zero attached hydrogens (tertiary/aromatic N) is 3. The molecular formula is C23H29N3O6. The number of piperazine rings is 1. The number of hydrogen-bond donors (Lipinski definition) is 1. The van der Waals surface area contributed by atoms with Crippen LogP contribution >= 0.6 is 0 Å². The van der Waals surface area contributed by atoms with E-state index in [-0.39, 0.29) is 18.4 Å². The van der Waals surface area contributed by atoms with E-state index in [4.69, 9.17) is 9.47 Å². The Morgan fingerprint density at radius 1 is 1.19 bits per heavy atom. The Morgan fingerprint density at radius 3 is 2.53 bits per heavy atom. The average molecular weight is 444 g/mol. The lowest BCUT2D eigenvalue weighted by Crippen LogP contribution is -2.82. The van der Waals surface area contributed by atoms with Crippen LogP contribution in [0.25, 0.3) is 0 Å². The molecule has 4 saturated heterocycles. The molecule has 4 aliphatic rings. The predicted octanol–water partition coefficient (Wildman–Crippen LogP) is 0.0106. The molecule has 0 aromatic heterocycles. The van der Waals surface area contributed by atoms with Gasteiger partial charge in [-0.15, -0.1) is 0 Å². The lowest BCUT2D eigenvalue weighted by molar-refractivity contribution is -0.184. The van der Waals surface area contributed by atoms with Crippen molar-refractivity contribution in [2.75, 3.05) is 40.0 Å². The number of fused-ring (bicyclic) bond motifs is 2. The van der Waals surface area contributed by atoms with Crippen LogP contribution in [-0.4, -0.2) is 101 Å². The monoisotopic (exact) mass is 443 g/mol. The summed E-state index contributed by atoms with van der Waals surface area (Å²) in [7, 11) is 1.32. The Labute approximate surface area is 186 Å². The van der Waals surface area contributed by atoms with E-state index in [0.29, 0.717) is 37.7 Å². The number of aliphatic hydroxyl groups is 1. The number of benzene rings is 1. The van der Waals surface area contributed by atoms with Crippen LogP contribution in [0.3, 0.4) is 0 Å². The van der Waals surface area contributed by atoms with Crippen molar-refractivity contribution >= 4 is 17.8 Å². The predicted molar refractivity (Wildman–Crippen MR) is 113 cm³/mol. The maximum atomic E-state index is 13.7. The summed E-state index contributed by atoms with van der Waals surface area (Å²) in [4.78, 5) is 44.3. The van der Waals surface area contributed by atoms with Gasteiger partial charge in [0.1, 0.15) is 5.54 Å². The van der Waals surface area contributed by atoms with Crippen molar-refractivity contribution in [3.63, 3.8) is 0 Å². The maximum Gasteiger partial charge on any atom is 0.337 e. The maximum absolute atomic E-state index is 13.7. The van der Waals surface area contributed by atoms with Gasteiger partial charge in [-0.3, -0.25) is 24.3 Å². The molecule has 9 nitrogen and oxygen atoms in total. The first-order valence-electron chi connectivity index (χ1n) is 11.2. The number of carbonyl (C=O) groups is 3. The largest absolute Gasteiger partial charge is 0.465 e. The number of rotatable bonds is 4. The molecule has 32 heavy (non-hydrogen) atoms. The van der Waals surface area contributed by atoms with E-state index >= 15 is 0 Å². The van der Waals surface area contributed by atoms with E-state index < -0.39 is 23.7 Å². The highest BCUT2D eigenvalue weighted by atomic mass is 16.5. The van der Waals surface area contributed by atoms with Crippen LogP contribution in [0.5, 0.6) is 0 Å². The minimum Gasteiger partial charge on any atom is -0.465 e. The second-order valence-electron chi connectivity index (χ2n) is 9.26. The van der Waals surface area contributed by atoms with Crippen molar-refractivity contribution in [2.45, 2.75) is 49.5 Å². The molecule has 172 valence electrons. The van der Waals surface area contributed by atoms with Gasteiger partial charge in [0.2, 0.25) is 5.91 Å². The molecule has 0 bridgehead atoms. The van der Waals surface area contributed by atoms with Crippen molar-refractivity contribution in [1.82, 2.24) is 14.7 Å². The summed E-state index contributed by atoms with van der Waals surface area (Å²) in [6.45, 7) is 3.12. The van der Waals surface area contributed by atoms with Gasteiger partial charge in [0.05, 0.1) is 31.4 Å². The van der Waals surface area contributed by atoms with Crippen LogP contribution < -0.4 is 0 Å². The van der Waals surface area contributed by atoms with Gasteiger partial charge in [-0.2, -0.15) is 0 Å². The molecule has 5 rings (SSSR count). The third-order valence-electron chi connectivity index (χ3n) is 7.38. The molecule has 0 radical (unpaired) electrons. The summed E-state index contributed by atoms with van der Waals surface area (Å²) in [5.74, 6) is -0.870. The Bertz CT molecular complexity index is 907. The first-order valence-corrected chi connectivity index (χ1v) is 11.2. The Balaban J connectivity index is 1.37. The first-order chi connectivity index (χ1) is 15.4. The van der Waals surface area contributed by atoms with Crippen LogP contribution in [0.4, 0.5) is 0 Å². The summed E-state index contributed by atoms with van der Waals surface area (Å²) in [5, 5.41) is 10.3. The fraction of sp³-hybridized carbons (Fsp3) is 0.609. The van der Waals surface area contributed by atoms with Crippen LogP contribution in [0, 0.1) is 0 Å². The van der Waals surface area contributed by atoms with E-state index in [9.17, 15) is 19.5 Å². The number of ether oxygens (including phenoxy) is 2. The standard InChI is InChI=1S/C23H29N3O6/c1-31-21(29)16-4-2-15(3-5-16)11-25-20(28)19-10-18(27)12-26(19)23(22(25)30)13-24(14-23)17-6-8-32-9-7-17/h2-5,17-19,27H,6-14H2,1H3/t18-,19+/m1/s1. The molecule has 0 saturated carbocycles. The third-order valence-corrected chi connectivity index (χ3v) is 7.38. The van der Waals surface area contributed by atoms with Crippen molar-refractivity contribution in [1.29, 1.82) is 0 Å². The number of imide groups is 1. The van der Waals surface area contributed by atoms with Crippen LogP contribution in [0.15, 0.2) is 24.3 Å². The molecule has 0 unspecified atom stereocenters. The van der Waals surface area contributed by atoms with Crippen LogP contribution in [-0.2, 0) is 25.6 Å². The van der Waals surface area contributed by atoms with E-state index in [1.54, 1.807) is 24.3 Å². The number of aliphatic hydroxyl groups excluding tert-OH is 1. The highest BCUT2D eigenvalue weighted by Crippen LogP contribution is 2.42. The van der Waals surface area contributed by atoms with E-state index in [1.807, 2.05) is 4.90 Å². The van der Waals surface area contributed by atoms with Crippen molar-refractivity contribution in [3.8, 4) is 0 Å². The zero-order chi connectivity index (χ0) is 22.5. The number of methoxy groups -OCH3 is 1. The van der Waals surface area contributed by atoms with Crippen molar-refractivity contribution in [3.05, 3.63) is 35.4 Å². The van der Waals surface area contributed by atoms with Gasteiger partial charge in [-0.25, -0.2) is 4.79 Å². The Morgan fingerprint density at radius 2 is 1.88 bits per heavy atom. The second-order valence-corrected chi connectivity index (χ2v) is 9.26. The van der Waals surface area contributed by atoms with E-state index in [2.05, 4.69) is 4.90 Å². The number of amides is 2. The summed E-state index contributed by atoms with van der Waals surface area (Å²) in [6.07, 6.45) is 1.64. The molecule has 0 aliphatic carbocycles. The molecule has 9 heteroatoms. The minimum absolute atomic E-state index is 0.151. The highest BCUT2D eigenvalue weighted by molar-refractivity contribution is 6.06. The molecule has 1 aromatic rings. The van der Waals surface area contributed by atoms with Gasteiger partial charge in [-0.05, 0) is 37.0 Å². The van der Waals surface area contributed by atoms with Gasteiger partial charge in [-0.1, -0.05) is 12.1 Å². The zero-order valence-electron chi connectivity index (χ0n) is 18.2. The average Bonchev–Trinajstić information content (AvgIpc) is 3.18. The quantitative estimate of drug-likeness (QED) is 0.513. The molecule has 4 aliphatic heterocycles. The molecule has 1 N–H and O–H groups in total. The van der Waals surface area contributed by atoms with Gasteiger partial charge in [0.15, 0.2) is 0 Å². The molecule has 4 heterocycles. The number of esters is 1. The number of carbonyl (C=O) groups excluding carboxylic acids is 3. The Hall–Kier alpha value is -2.33. The summed E-state index contributed by atoms with van der Waals surface area (Å²) in [6, 6.07) is 6.67. The van der Waals surface area contributed by atoms with Crippen molar-refractivity contribution in [2.24, 2.45) is 0 Å². The molecule has 4 fully saturated rings.